The van der Waals surface area contributed by atoms with Crippen molar-refractivity contribution in [2.24, 2.45) is 7.05 Å². The number of rotatable bonds is 4. The van der Waals surface area contributed by atoms with E-state index < -0.39 is 0 Å². The molecule has 0 bridgehead atoms. The molecule has 3 aromatic rings. The number of carbonyl (C=O) groups excluding carboxylic acids is 1. The summed E-state index contributed by atoms with van der Waals surface area (Å²) in [5.74, 6) is 0.286. The van der Waals surface area contributed by atoms with Crippen molar-refractivity contribution in [2.75, 3.05) is 5.32 Å². The topological polar surface area (TPSA) is 64.7 Å². The molecule has 0 spiro atoms. The minimum absolute atomic E-state index is 0.0745. The van der Waals surface area contributed by atoms with Crippen LogP contribution >= 0.6 is 0 Å². The number of benzene rings is 1. The molecule has 0 saturated heterocycles. The Morgan fingerprint density at radius 1 is 1.16 bits per heavy atom. The number of hydrogen-bond donors (Lipinski definition) is 1. The molecule has 0 unspecified atom stereocenters. The number of aryl methyl sites for hydroxylation is 3. The number of anilines is 1. The van der Waals surface area contributed by atoms with Crippen LogP contribution in [0.15, 0.2) is 36.5 Å². The third-order valence-corrected chi connectivity index (χ3v) is 4.63. The molecule has 0 aliphatic heterocycles. The summed E-state index contributed by atoms with van der Waals surface area (Å²) in [4.78, 5) is 12.8. The monoisotopic (exact) mass is 337 g/mol. The van der Waals surface area contributed by atoms with Gasteiger partial charge in [-0.2, -0.15) is 10.2 Å². The molecule has 6 heteroatoms. The molecule has 0 aliphatic rings. The van der Waals surface area contributed by atoms with Crippen LogP contribution in [0.3, 0.4) is 0 Å². The molecule has 1 atom stereocenters. The van der Waals surface area contributed by atoms with Crippen molar-refractivity contribution in [3.8, 4) is 5.69 Å². The van der Waals surface area contributed by atoms with Gasteiger partial charge in [0, 0.05) is 24.4 Å². The standard InChI is InChI=1S/C19H23N5O/c1-12-8-6-7-9-16(12)24-17(10-11-20-24)21-19(25)13(2)18-14(3)22-23(5)15(18)4/h6-11,13H,1-5H3,(H,21,25)/t13-/m1/s1. The van der Waals surface area contributed by atoms with E-state index in [0.717, 1.165) is 28.2 Å². The third kappa shape index (κ3) is 3.07. The predicted octanol–water partition coefficient (Wildman–Crippen LogP) is 3.27. The quantitative estimate of drug-likeness (QED) is 0.794. The maximum Gasteiger partial charge on any atom is 0.232 e. The van der Waals surface area contributed by atoms with Crippen LogP contribution in [0.4, 0.5) is 5.82 Å². The van der Waals surface area contributed by atoms with Gasteiger partial charge in [-0.25, -0.2) is 4.68 Å². The summed E-state index contributed by atoms with van der Waals surface area (Å²) in [7, 11) is 1.89. The first-order chi connectivity index (χ1) is 11.9. The Hall–Kier alpha value is -2.89. The van der Waals surface area contributed by atoms with Crippen LogP contribution in [-0.2, 0) is 11.8 Å². The number of hydrogen-bond acceptors (Lipinski definition) is 3. The fraction of sp³-hybridized carbons (Fsp3) is 0.316. The second kappa shape index (κ2) is 6.55. The van der Waals surface area contributed by atoms with Gasteiger partial charge >= 0.3 is 0 Å². The predicted molar refractivity (Wildman–Crippen MR) is 98.0 cm³/mol. The number of amides is 1. The highest BCUT2D eigenvalue weighted by Crippen LogP contribution is 2.25. The van der Waals surface area contributed by atoms with E-state index in [-0.39, 0.29) is 11.8 Å². The van der Waals surface area contributed by atoms with E-state index >= 15 is 0 Å². The van der Waals surface area contributed by atoms with E-state index in [1.165, 1.54) is 0 Å². The molecule has 3 rings (SSSR count). The summed E-state index contributed by atoms with van der Waals surface area (Å²) in [6, 6.07) is 9.75. The van der Waals surface area contributed by atoms with E-state index in [2.05, 4.69) is 15.5 Å². The van der Waals surface area contributed by atoms with Gasteiger partial charge in [-0.05, 0) is 39.3 Å². The molecule has 1 N–H and O–H groups in total. The molecule has 0 aliphatic carbocycles. The number of para-hydroxylation sites is 1. The molecule has 25 heavy (non-hydrogen) atoms. The minimum Gasteiger partial charge on any atom is -0.310 e. The van der Waals surface area contributed by atoms with Gasteiger partial charge in [0.2, 0.25) is 5.91 Å². The van der Waals surface area contributed by atoms with Crippen molar-refractivity contribution < 1.29 is 4.79 Å². The van der Waals surface area contributed by atoms with Crippen LogP contribution in [0.5, 0.6) is 0 Å². The normalized spacial score (nSPS) is 12.2. The molecule has 6 nitrogen and oxygen atoms in total. The van der Waals surface area contributed by atoms with E-state index in [0.29, 0.717) is 5.82 Å². The van der Waals surface area contributed by atoms with E-state index in [1.54, 1.807) is 16.9 Å². The lowest BCUT2D eigenvalue weighted by Crippen LogP contribution is -2.21. The first-order valence-electron chi connectivity index (χ1n) is 8.31. The van der Waals surface area contributed by atoms with Gasteiger partial charge in [-0.1, -0.05) is 18.2 Å². The van der Waals surface area contributed by atoms with Crippen LogP contribution in [0.25, 0.3) is 5.69 Å². The highest BCUT2D eigenvalue weighted by Gasteiger charge is 2.23. The van der Waals surface area contributed by atoms with Crippen LogP contribution < -0.4 is 5.32 Å². The zero-order valence-corrected chi connectivity index (χ0v) is 15.2. The Morgan fingerprint density at radius 2 is 1.88 bits per heavy atom. The number of aromatic nitrogens is 4. The van der Waals surface area contributed by atoms with Crippen molar-refractivity contribution in [1.29, 1.82) is 0 Å². The summed E-state index contributed by atoms with van der Waals surface area (Å²) in [6.07, 6.45) is 1.69. The van der Waals surface area contributed by atoms with E-state index in [9.17, 15) is 4.79 Å². The fourth-order valence-corrected chi connectivity index (χ4v) is 3.17. The van der Waals surface area contributed by atoms with Gasteiger partial charge in [-0.3, -0.25) is 9.48 Å². The molecule has 2 heterocycles. The number of nitrogens with zero attached hydrogens (tertiary/aromatic N) is 4. The molecule has 0 fully saturated rings. The molecule has 2 aromatic heterocycles. The Morgan fingerprint density at radius 3 is 2.52 bits per heavy atom. The van der Waals surface area contributed by atoms with Gasteiger partial charge in [-0.15, -0.1) is 0 Å². The van der Waals surface area contributed by atoms with Crippen LogP contribution in [0.1, 0.15) is 35.4 Å². The first kappa shape index (κ1) is 17.0. The van der Waals surface area contributed by atoms with Crippen LogP contribution in [-0.4, -0.2) is 25.5 Å². The van der Waals surface area contributed by atoms with Crippen molar-refractivity contribution >= 4 is 11.7 Å². The molecule has 1 aromatic carbocycles. The van der Waals surface area contributed by atoms with Gasteiger partial charge in [0.25, 0.3) is 0 Å². The lowest BCUT2D eigenvalue weighted by Gasteiger charge is -2.15. The number of nitrogens with one attached hydrogen (secondary N) is 1. The van der Waals surface area contributed by atoms with Crippen molar-refractivity contribution in [2.45, 2.75) is 33.6 Å². The maximum atomic E-state index is 12.8. The van der Waals surface area contributed by atoms with E-state index in [4.69, 9.17) is 0 Å². The second-order valence-corrected chi connectivity index (χ2v) is 6.33. The SMILES string of the molecule is Cc1ccccc1-n1nccc1NC(=O)[C@H](C)c1c(C)nn(C)c1C. The second-order valence-electron chi connectivity index (χ2n) is 6.33. The molecule has 130 valence electrons. The highest BCUT2D eigenvalue weighted by atomic mass is 16.2. The van der Waals surface area contributed by atoms with Crippen molar-refractivity contribution in [1.82, 2.24) is 19.6 Å². The summed E-state index contributed by atoms with van der Waals surface area (Å²) in [5, 5.41) is 11.8. The van der Waals surface area contributed by atoms with Crippen LogP contribution in [0.2, 0.25) is 0 Å². The lowest BCUT2D eigenvalue weighted by molar-refractivity contribution is -0.117. The average molecular weight is 337 g/mol. The molecule has 0 saturated carbocycles. The Labute approximate surface area is 147 Å². The number of carbonyl (C=O) groups is 1. The van der Waals surface area contributed by atoms with Gasteiger partial charge in [0.1, 0.15) is 5.82 Å². The summed E-state index contributed by atoms with van der Waals surface area (Å²) < 4.78 is 3.56. The minimum atomic E-state index is -0.297. The highest BCUT2D eigenvalue weighted by molar-refractivity contribution is 5.95. The lowest BCUT2D eigenvalue weighted by atomic mass is 9.98. The maximum absolute atomic E-state index is 12.8. The summed E-state index contributed by atoms with van der Waals surface area (Å²) >= 11 is 0. The zero-order chi connectivity index (χ0) is 18.1. The first-order valence-corrected chi connectivity index (χ1v) is 8.31. The van der Waals surface area contributed by atoms with Crippen LogP contribution in [0, 0.1) is 20.8 Å². The van der Waals surface area contributed by atoms with Gasteiger partial charge in [0.15, 0.2) is 0 Å². The molecule has 1 amide bonds. The largest absolute Gasteiger partial charge is 0.310 e. The smallest absolute Gasteiger partial charge is 0.232 e. The molecular formula is C19H23N5O. The van der Waals surface area contributed by atoms with Gasteiger partial charge < -0.3 is 5.32 Å². The Balaban J connectivity index is 1.88. The summed E-state index contributed by atoms with van der Waals surface area (Å²) in [5.41, 5.74) is 4.91. The van der Waals surface area contributed by atoms with Crippen molar-refractivity contribution in [3.63, 3.8) is 0 Å². The van der Waals surface area contributed by atoms with Crippen molar-refractivity contribution in [3.05, 3.63) is 59.0 Å². The zero-order valence-electron chi connectivity index (χ0n) is 15.2. The Bertz CT molecular complexity index is 922. The Kier molecular flexibility index (Phi) is 4.44. The average Bonchev–Trinajstić information content (AvgIpc) is 3.12. The van der Waals surface area contributed by atoms with Gasteiger partial charge in [0.05, 0.1) is 23.5 Å². The fourth-order valence-electron chi connectivity index (χ4n) is 3.17. The summed E-state index contributed by atoms with van der Waals surface area (Å²) in [6.45, 7) is 7.84. The molecular weight excluding hydrogens is 314 g/mol. The van der Waals surface area contributed by atoms with E-state index in [1.807, 2.05) is 63.7 Å². The molecule has 0 radical (unpaired) electrons. The third-order valence-electron chi connectivity index (χ3n) is 4.63.